The fraction of sp³-hybridized carbons (Fsp3) is 0.500. The Morgan fingerprint density at radius 2 is 2.07 bits per heavy atom. The fourth-order valence-corrected chi connectivity index (χ4v) is 2.67. The molecule has 0 spiro atoms. The molecule has 1 saturated carbocycles. The highest BCUT2D eigenvalue weighted by molar-refractivity contribution is 5.82. The van der Waals surface area contributed by atoms with Crippen molar-refractivity contribution in [3.63, 3.8) is 0 Å². The minimum absolute atomic E-state index is 0.101. The van der Waals surface area contributed by atoms with Crippen LogP contribution in [0.5, 0.6) is 0 Å². The Morgan fingerprint density at radius 1 is 1.33 bits per heavy atom. The first-order valence-corrected chi connectivity index (χ1v) is 5.76. The topological polar surface area (TPSA) is 17.1 Å². The fourth-order valence-electron chi connectivity index (χ4n) is 2.67. The lowest BCUT2D eigenvalue weighted by Gasteiger charge is -2.26. The highest BCUT2D eigenvalue weighted by atomic mass is 16.1. The molecule has 0 bridgehead atoms. The number of carbonyl (C=O) groups is 1. The van der Waals surface area contributed by atoms with Crippen molar-refractivity contribution < 1.29 is 4.79 Å². The van der Waals surface area contributed by atoms with E-state index in [0.717, 1.165) is 25.7 Å². The van der Waals surface area contributed by atoms with Crippen LogP contribution in [-0.2, 0) is 16.6 Å². The van der Waals surface area contributed by atoms with Gasteiger partial charge in [-0.1, -0.05) is 38.1 Å². The van der Waals surface area contributed by atoms with E-state index in [2.05, 4.69) is 38.1 Å². The second-order valence-electron chi connectivity index (χ2n) is 4.79. The highest BCUT2D eigenvalue weighted by Crippen LogP contribution is 2.40. The van der Waals surface area contributed by atoms with Crippen LogP contribution in [0.3, 0.4) is 0 Å². The lowest BCUT2D eigenvalue weighted by atomic mass is 9.78. The molecule has 0 heterocycles. The minimum atomic E-state index is 0.101. The summed E-state index contributed by atoms with van der Waals surface area (Å²) in [6.07, 6.45) is 3.56. The zero-order chi connectivity index (χ0) is 10.9. The van der Waals surface area contributed by atoms with Crippen molar-refractivity contribution in [1.82, 2.24) is 0 Å². The Hall–Kier alpha value is -1.11. The van der Waals surface area contributed by atoms with Gasteiger partial charge in [0.15, 0.2) is 0 Å². The molecule has 15 heavy (non-hydrogen) atoms. The molecule has 80 valence electrons. The van der Waals surface area contributed by atoms with Gasteiger partial charge in [-0.2, -0.15) is 0 Å². The van der Waals surface area contributed by atoms with Crippen molar-refractivity contribution in [3.05, 3.63) is 35.4 Å². The molecule has 0 aromatic heterocycles. The molecule has 0 saturated heterocycles. The third-order valence-electron chi connectivity index (χ3n) is 3.59. The van der Waals surface area contributed by atoms with Crippen molar-refractivity contribution in [2.75, 3.05) is 0 Å². The van der Waals surface area contributed by atoms with E-state index in [4.69, 9.17) is 0 Å². The Morgan fingerprint density at radius 3 is 2.67 bits per heavy atom. The Balaban J connectivity index is 2.40. The number of carbonyl (C=O) groups excluding carboxylic acids is 1. The molecular weight excluding hydrogens is 184 g/mol. The summed E-state index contributed by atoms with van der Waals surface area (Å²) in [4.78, 5) is 11.4. The average molecular weight is 202 g/mol. The van der Waals surface area contributed by atoms with Crippen LogP contribution in [0.4, 0.5) is 0 Å². The normalized spacial score (nSPS) is 25.9. The van der Waals surface area contributed by atoms with Gasteiger partial charge in [0.25, 0.3) is 0 Å². The molecule has 1 nitrogen and oxygen atoms in total. The summed E-state index contributed by atoms with van der Waals surface area (Å²) >= 11 is 0. The first kappa shape index (κ1) is 10.4. The van der Waals surface area contributed by atoms with Gasteiger partial charge in [0.2, 0.25) is 0 Å². The van der Waals surface area contributed by atoms with Crippen LogP contribution in [0.25, 0.3) is 0 Å². The van der Waals surface area contributed by atoms with E-state index in [9.17, 15) is 4.79 Å². The quantitative estimate of drug-likeness (QED) is 0.719. The highest BCUT2D eigenvalue weighted by Gasteiger charge is 2.36. The van der Waals surface area contributed by atoms with E-state index in [1.165, 1.54) is 11.1 Å². The van der Waals surface area contributed by atoms with E-state index in [-0.39, 0.29) is 5.41 Å². The maximum atomic E-state index is 11.4. The van der Waals surface area contributed by atoms with Gasteiger partial charge in [0, 0.05) is 18.3 Å². The predicted octanol–water partition coefficient (Wildman–Crippen LogP) is 3.26. The van der Waals surface area contributed by atoms with Gasteiger partial charge in [-0.3, -0.25) is 4.79 Å². The number of ketones is 1. The molecule has 0 N–H and O–H groups in total. The van der Waals surface area contributed by atoms with Gasteiger partial charge in [-0.15, -0.1) is 0 Å². The van der Waals surface area contributed by atoms with Crippen LogP contribution in [0.2, 0.25) is 0 Å². The summed E-state index contributed by atoms with van der Waals surface area (Å²) in [5.41, 5.74) is 2.89. The SMILES string of the molecule is CCc1ccccc1C1(C)CCC(=O)C1. The third-order valence-corrected chi connectivity index (χ3v) is 3.59. The summed E-state index contributed by atoms with van der Waals surface area (Å²) in [7, 11) is 0. The smallest absolute Gasteiger partial charge is 0.133 e. The van der Waals surface area contributed by atoms with Gasteiger partial charge in [0.05, 0.1) is 0 Å². The van der Waals surface area contributed by atoms with E-state index >= 15 is 0 Å². The monoisotopic (exact) mass is 202 g/mol. The number of rotatable bonds is 2. The minimum Gasteiger partial charge on any atom is -0.300 e. The molecule has 1 aromatic carbocycles. The van der Waals surface area contributed by atoms with Crippen molar-refractivity contribution in [2.24, 2.45) is 0 Å². The predicted molar refractivity (Wildman–Crippen MR) is 62.0 cm³/mol. The molecular formula is C14H18O. The Bertz CT molecular complexity index is 381. The molecule has 1 fully saturated rings. The van der Waals surface area contributed by atoms with Crippen LogP contribution in [0.1, 0.15) is 44.2 Å². The molecule has 0 aliphatic heterocycles. The van der Waals surface area contributed by atoms with Crippen molar-refractivity contribution in [1.29, 1.82) is 0 Å². The Kier molecular flexibility index (Phi) is 2.64. The lowest BCUT2D eigenvalue weighted by molar-refractivity contribution is -0.117. The molecule has 1 atom stereocenters. The largest absolute Gasteiger partial charge is 0.300 e. The van der Waals surface area contributed by atoms with Crippen molar-refractivity contribution in [2.45, 2.75) is 44.9 Å². The molecule has 0 radical (unpaired) electrons. The summed E-state index contributed by atoms with van der Waals surface area (Å²) in [6.45, 7) is 4.41. The summed E-state index contributed by atoms with van der Waals surface area (Å²) in [5, 5.41) is 0. The standard InChI is InChI=1S/C14H18O/c1-3-11-6-4-5-7-13(11)14(2)9-8-12(15)10-14/h4-7H,3,8-10H2,1-2H3. The number of benzene rings is 1. The first-order valence-electron chi connectivity index (χ1n) is 5.76. The maximum Gasteiger partial charge on any atom is 0.133 e. The van der Waals surface area contributed by atoms with Crippen LogP contribution in [0, 0.1) is 0 Å². The van der Waals surface area contributed by atoms with Gasteiger partial charge in [-0.05, 0) is 24.0 Å². The third kappa shape index (κ3) is 1.83. The zero-order valence-electron chi connectivity index (χ0n) is 9.55. The average Bonchev–Trinajstić information content (AvgIpc) is 2.60. The van der Waals surface area contributed by atoms with E-state index < -0.39 is 0 Å². The maximum absolute atomic E-state index is 11.4. The molecule has 1 unspecified atom stereocenters. The second-order valence-corrected chi connectivity index (χ2v) is 4.79. The van der Waals surface area contributed by atoms with E-state index in [1.54, 1.807) is 0 Å². The molecule has 2 rings (SSSR count). The summed E-state index contributed by atoms with van der Waals surface area (Å²) in [6, 6.07) is 8.55. The van der Waals surface area contributed by atoms with Gasteiger partial charge in [-0.25, -0.2) is 0 Å². The van der Waals surface area contributed by atoms with Crippen LogP contribution in [-0.4, -0.2) is 5.78 Å². The zero-order valence-corrected chi connectivity index (χ0v) is 9.55. The lowest BCUT2D eigenvalue weighted by Crippen LogP contribution is -2.19. The van der Waals surface area contributed by atoms with Crippen LogP contribution < -0.4 is 0 Å². The van der Waals surface area contributed by atoms with Gasteiger partial charge < -0.3 is 0 Å². The van der Waals surface area contributed by atoms with E-state index in [0.29, 0.717) is 5.78 Å². The van der Waals surface area contributed by atoms with Crippen LogP contribution in [0.15, 0.2) is 24.3 Å². The molecule has 1 aromatic rings. The van der Waals surface area contributed by atoms with Gasteiger partial charge in [0.1, 0.15) is 5.78 Å². The number of Topliss-reactive ketones (excluding diaryl/α,β-unsaturated/α-hetero) is 1. The Labute approximate surface area is 91.5 Å². The van der Waals surface area contributed by atoms with E-state index in [1.807, 2.05) is 0 Å². The number of aryl methyl sites for hydroxylation is 1. The van der Waals surface area contributed by atoms with Gasteiger partial charge >= 0.3 is 0 Å². The molecule has 0 amide bonds. The van der Waals surface area contributed by atoms with Crippen LogP contribution >= 0.6 is 0 Å². The van der Waals surface area contributed by atoms with Crippen molar-refractivity contribution >= 4 is 5.78 Å². The molecule has 1 aliphatic carbocycles. The second kappa shape index (κ2) is 3.80. The van der Waals surface area contributed by atoms with Crippen molar-refractivity contribution in [3.8, 4) is 0 Å². The number of hydrogen-bond donors (Lipinski definition) is 0. The number of hydrogen-bond acceptors (Lipinski definition) is 1. The molecule has 1 aliphatic rings. The summed E-state index contributed by atoms with van der Waals surface area (Å²) in [5.74, 6) is 0.420. The summed E-state index contributed by atoms with van der Waals surface area (Å²) < 4.78 is 0. The molecule has 1 heteroatoms. The first-order chi connectivity index (χ1) is 7.15.